The van der Waals surface area contributed by atoms with Crippen LogP contribution in [-0.2, 0) is 0 Å². The third-order valence-corrected chi connectivity index (χ3v) is 4.71. The molecule has 108 valence electrons. The Labute approximate surface area is 125 Å². The number of nitrogens with zero attached hydrogens (tertiary/aromatic N) is 2. The van der Waals surface area contributed by atoms with Crippen molar-refractivity contribution >= 4 is 17.4 Å². The number of halogens is 1. The number of ketones is 1. The number of carbonyl (C=O) groups excluding carboxylic acids is 1. The highest BCUT2D eigenvalue weighted by Gasteiger charge is 2.30. The fraction of sp³-hybridized carbons (Fsp3) is 0.562. The van der Waals surface area contributed by atoms with E-state index in [0.717, 1.165) is 37.8 Å². The first kappa shape index (κ1) is 14.1. The fourth-order valence-corrected chi connectivity index (χ4v) is 3.51. The Balaban J connectivity index is 1.51. The summed E-state index contributed by atoms with van der Waals surface area (Å²) < 4.78 is 0. The van der Waals surface area contributed by atoms with E-state index in [4.69, 9.17) is 11.6 Å². The van der Waals surface area contributed by atoms with Crippen LogP contribution >= 0.6 is 11.6 Å². The zero-order chi connectivity index (χ0) is 13.9. The van der Waals surface area contributed by atoms with Crippen LogP contribution in [0.1, 0.15) is 29.6 Å². The summed E-state index contributed by atoms with van der Waals surface area (Å²) in [4.78, 5) is 17.2. The lowest BCUT2D eigenvalue weighted by Gasteiger charge is -2.37. The summed E-state index contributed by atoms with van der Waals surface area (Å²) in [5.41, 5.74) is 0.733. The zero-order valence-electron chi connectivity index (χ0n) is 11.7. The molecule has 0 N–H and O–H groups in total. The minimum absolute atomic E-state index is 0.196. The van der Waals surface area contributed by atoms with Gasteiger partial charge in [0.05, 0.1) is 0 Å². The minimum atomic E-state index is 0.196. The fourth-order valence-electron chi connectivity index (χ4n) is 3.32. The molecule has 1 atom stereocenters. The molecule has 0 aliphatic carbocycles. The molecule has 0 bridgehead atoms. The van der Waals surface area contributed by atoms with E-state index < -0.39 is 0 Å². The first-order chi connectivity index (χ1) is 9.72. The highest BCUT2D eigenvalue weighted by Crippen LogP contribution is 2.21. The van der Waals surface area contributed by atoms with Gasteiger partial charge in [0.1, 0.15) is 0 Å². The summed E-state index contributed by atoms with van der Waals surface area (Å²) in [5, 5.41) is 0.635. The van der Waals surface area contributed by atoms with Crippen LogP contribution in [0.4, 0.5) is 0 Å². The van der Waals surface area contributed by atoms with E-state index in [1.165, 1.54) is 19.4 Å². The van der Waals surface area contributed by atoms with E-state index in [1.807, 2.05) is 12.1 Å². The van der Waals surface area contributed by atoms with Gasteiger partial charge in [0.25, 0.3) is 0 Å². The van der Waals surface area contributed by atoms with Crippen LogP contribution in [0.15, 0.2) is 24.3 Å². The molecule has 2 saturated heterocycles. The van der Waals surface area contributed by atoms with Gasteiger partial charge >= 0.3 is 0 Å². The average molecular weight is 293 g/mol. The lowest BCUT2D eigenvalue weighted by Crippen LogP contribution is -2.50. The number of benzene rings is 1. The Hall–Kier alpha value is -0.900. The van der Waals surface area contributed by atoms with Gasteiger partial charge in [0, 0.05) is 49.2 Å². The molecular weight excluding hydrogens is 272 g/mol. The number of fused-ring (bicyclic) bond motifs is 1. The zero-order valence-corrected chi connectivity index (χ0v) is 12.5. The molecule has 3 rings (SSSR count). The molecule has 0 spiro atoms. The van der Waals surface area contributed by atoms with E-state index in [2.05, 4.69) is 9.80 Å². The number of hydrogen-bond acceptors (Lipinski definition) is 3. The predicted octanol–water partition coefficient (Wildman–Crippen LogP) is 2.69. The molecular formula is C16H21ClN2O. The molecule has 0 amide bonds. The van der Waals surface area contributed by atoms with E-state index in [1.54, 1.807) is 12.1 Å². The van der Waals surface area contributed by atoms with Crippen molar-refractivity contribution in [2.75, 3.05) is 32.7 Å². The summed E-state index contributed by atoms with van der Waals surface area (Å²) in [6, 6.07) is 7.98. The summed E-state index contributed by atoms with van der Waals surface area (Å²) >= 11 is 5.93. The quantitative estimate of drug-likeness (QED) is 0.797. The van der Waals surface area contributed by atoms with Crippen molar-refractivity contribution < 1.29 is 4.79 Å². The SMILES string of the molecule is O=C(CCN1CCN2CCCC2C1)c1cccc(Cl)c1. The van der Waals surface area contributed by atoms with Crippen LogP contribution in [0.25, 0.3) is 0 Å². The molecule has 3 nitrogen and oxygen atoms in total. The Morgan fingerprint density at radius 2 is 2.20 bits per heavy atom. The lowest BCUT2D eigenvalue weighted by atomic mass is 10.1. The third kappa shape index (κ3) is 3.22. The van der Waals surface area contributed by atoms with Crippen molar-refractivity contribution in [2.45, 2.75) is 25.3 Å². The molecule has 1 aromatic carbocycles. The number of rotatable bonds is 4. The van der Waals surface area contributed by atoms with Crippen molar-refractivity contribution in [1.29, 1.82) is 0 Å². The molecule has 20 heavy (non-hydrogen) atoms. The van der Waals surface area contributed by atoms with Crippen molar-refractivity contribution in [2.24, 2.45) is 0 Å². The van der Waals surface area contributed by atoms with Gasteiger partial charge in [0.2, 0.25) is 0 Å². The highest BCUT2D eigenvalue weighted by molar-refractivity contribution is 6.31. The van der Waals surface area contributed by atoms with Gasteiger partial charge in [-0.2, -0.15) is 0 Å². The second kappa shape index (κ2) is 6.25. The van der Waals surface area contributed by atoms with Crippen molar-refractivity contribution in [3.05, 3.63) is 34.9 Å². The maximum absolute atomic E-state index is 12.2. The van der Waals surface area contributed by atoms with Crippen LogP contribution in [0.2, 0.25) is 5.02 Å². The average Bonchev–Trinajstić information content (AvgIpc) is 2.92. The number of hydrogen-bond donors (Lipinski definition) is 0. The van der Waals surface area contributed by atoms with Crippen LogP contribution in [0.3, 0.4) is 0 Å². The summed E-state index contributed by atoms with van der Waals surface area (Å²) in [6.07, 6.45) is 3.24. The lowest BCUT2D eigenvalue weighted by molar-refractivity contribution is 0.0871. The molecule has 1 aromatic rings. The summed E-state index contributed by atoms with van der Waals surface area (Å²) in [6.45, 7) is 5.52. The molecule has 2 aliphatic rings. The van der Waals surface area contributed by atoms with Gasteiger partial charge in [-0.15, -0.1) is 0 Å². The minimum Gasteiger partial charge on any atom is -0.300 e. The monoisotopic (exact) mass is 292 g/mol. The van der Waals surface area contributed by atoms with Gasteiger partial charge in [-0.25, -0.2) is 0 Å². The molecule has 4 heteroatoms. The van der Waals surface area contributed by atoms with Gasteiger partial charge < -0.3 is 4.90 Å². The molecule has 0 aromatic heterocycles. The van der Waals surface area contributed by atoms with Crippen LogP contribution < -0.4 is 0 Å². The summed E-state index contributed by atoms with van der Waals surface area (Å²) in [5.74, 6) is 0.196. The van der Waals surface area contributed by atoms with Crippen LogP contribution in [0, 0.1) is 0 Å². The van der Waals surface area contributed by atoms with Gasteiger partial charge in [-0.1, -0.05) is 23.7 Å². The van der Waals surface area contributed by atoms with Crippen LogP contribution in [-0.4, -0.2) is 54.3 Å². The van der Waals surface area contributed by atoms with E-state index in [9.17, 15) is 4.79 Å². The predicted molar refractivity (Wildman–Crippen MR) is 81.4 cm³/mol. The second-order valence-corrected chi connectivity index (χ2v) is 6.25. The van der Waals surface area contributed by atoms with Gasteiger partial charge in [-0.3, -0.25) is 9.69 Å². The molecule has 0 radical (unpaired) electrons. The molecule has 0 saturated carbocycles. The standard InChI is InChI=1S/C16H21ClN2O/c17-14-4-1-3-13(11-14)16(20)6-8-18-9-10-19-7-2-5-15(19)12-18/h1,3-4,11,15H,2,5-10,12H2. The van der Waals surface area contributed by atoms with E-state index >= 15 is 0 Å². The molecule has 1 unspecified atom stereocenters. The highest BCUT2D eigenvalue weighted by atomic mass is 35.5. The maximum atomic E-state index is 12.2. The maximum Gasteiger partial charge on any atom is 0.164 e. The normalized spacial score (nSPS) is 23.8. The smallest absolute Gasteiger partial charge is 0.164 e. The van der Waals surface area contributed by atoms with Crippen molar-refractivity contribution in [1.82, 2.24) is 9.80 Å². The van der Waals surface area contributed by atoms with E-state index in [0.29, 0.717) is 11.4 Å². The van der Waals surface area contributed by atoms with Gasteiger partial charge in [0.15, 0.2) is 5.78 Å². The Bertz CT molecular complexity index is 491. The Morgan fingerprint density at radius 1 is 1.30 bits per heavy atom. The molecule has 2 fully saturated rings. The largest absolute Gasteiger partial charge is 0.300 e. The summed E-state index contributed by atoms with van der Waals surface area (Å²) in [7, 11) is 0. The number of Topliss-reactive ketones (excluding diaryl/α,β-unsaturated/α-hetero) is 1. The van der Waals surface area contributed by atoms with Crippen LogP contribution in [0.5, 0.6) is 0 Å². The van der Waals surface area contributed by atoms with Gasteiger partial charge in [-0.05, 0) is 31.5 Å². The Kier molecular flexibility index (Phi) is 4.39. The van der Waals surface area contributed by atoms with E-state index in [-0.39, 0.29) is 5.78 Å². The topological polar surface area (TPSA) is 23.6 Å². The number of piperazine rings is 1. The second-order valence-electron chi connectivity index (χ2n) is 5.82. The number of carbonyl (C=O) groups is 1. The van der Waals surface area contributed by atoms with Crippen molar-refractivity contribution in [3.63, 3.8) is 0 Å². The Morgan fingerprint density at radius 3 is 3.05 bits per heavy atom. The van der Waals surface area contributed by atoms with Crippen molar-refractivity contribution in [3.8, 4) is 0 Å². The third-order valence-electron chi connectivity index (χ3n) is 4.47. The molecule has 2 aliphatic heterocycles. The molecule has 2 heterocycles. The first-order valence-corrected chi connectivity index (χ1v) is 7.85. The first-order valence-electron chi connectivity index (χ1n) is 7.47.